The number of piperazine rings is 1. The van der Waals surface area contributed by atoms with Crippen molar-refractivity contribution < 1.29 is 18.1 Å². The minimum atomic E-state index is -3.58. The molecule has 0 unspecified atom stereocenters. The van der Waals surface area contributed by atoms with Crippen LogP contribution in [0.4, 0.5) is 5.69 Å². The van der Waals surface area contributed by atoms with Crippen LogP contribution in [0.15, 0.2) is 34.5 Å². The van der Waals surface area contributed by atoms with E-state index in [1.54, 1.807) is 31.2 Å². The molecule has 0 aliphatic carbocycles. The number of rotatable bonds is 4. The molecule has 0 bridgehead atoms. The number of carbonyl (C=O) groups excluding carboxylic acids is 1. The van der Waals surface area contributed by atoms with E-state index in [0.717, 1.165) is 4.88 Å². The van der Waals surface area contributed by atoms with Gasteiger partial charge in [0.1, 0.15) is 9.77 Å². The van der Waals surface area contributed by atoms with Crippen molar-refractivity contribution in [2.24, 2.45) is 0 Å². The van der Waals surface area contributed by atoms with Crippen molar-refractivity contribution in [1.29, 1.82) is 0 Å². The molecule has 2 heterocycles. The Morgan fingerprint density at radius 2 is 1.78 bits per heavy atom. The average molecular weight is 409 g/mol. The topological polar surface area (TPSA) is 101 Å². The molecule has 1 aromatic heterocycles. The first-order chi connectivity index (χ1) is 12.7. The van der Waals surface area contributed by atoms with E-state index in [2.05, 4.69) is 0 Å². The number of hydrogen-bond acceptors (Lipinski definition) is 6. The molecule has 1 aliphatic heterocycles. The average Bonchev–Trinajstić information content (AvgIpc) is 3.08. The summed E-state index contributed by atoms with van der Waals surface area (Å²) in [5.41, 5.74) is 0.247. The number of nitro groups is 1. The Bertz CT molecular complexity index is 992. The molecule has 0 saturated carbocycles. The zero-order valence-electron chi connectivity index (χ0n) is 14.9. The molecular formula is C17H19N3O5S2. The fourth-order valence-corrected chi connectivity index (χ4v) is 5.91. The van der Waals surface area contributed by atoms with E-state index in [9.17, 15) is 23.3 Å². The molecule has 10 heteroatoms. The Hall–Kier alpha value is -2.30. The largest absolute Gasteiger partial charge is 0.336 e. The Labute approximate surface area is 161 Å². The van der Waals surface area contributed by atoms with Gasteiger partial charge < -0.3 is 4.90 Å². The highest BCUT2D eigenvalue weighted by Gasteiger charge is 2.33. The van der Waals surface area contributed by atoms with Crippen LogP contribution in [-0.2, 0) is 10.0 Å². The molecule has 0 N–H and O–H groups in total. The standard InChI is InChI=1S/C17H19N3O5S2/c1-12-4-3-5-14(16(12)20(22)23)17(21)18-8-10-19(11-9-18)27(24,25)15-7-6-13(2)26-15/h3-7H,8-11H2,1-2H3. The quantitative estimate of drug-likeness (QED) is 0.570. The summed E-state index contributed by atoms with van der Waals surface area (Å²) in [6.45, 7) is 4.12. The maximum absolute atomic E-state index is 12.8. The smallest absolute Gasteiger partial charge is 0.285 e. The number of para-hydroxylation sites is 1. The van der Waals surface area contributed by atoms with Crippen molar-refractivity contribution in [2.45, 2.75) is 18.1 Å². The predicted octanol–water partition coefficient (Wildman–Crippen LogP) is 2.42. The Morgan fingerprint density at radius 1 is 1.11 bits per heavy atom. The number of hydrogen-bond donors (Lipinski definition) is 0. The molecule has 1 saturated heterocycles. The van der Waals surface area contributed by atoms with Gasteiger partial charge in [0.05, 0.1) is 4.92 Å². The van der Waals surface area contributed by atoms with Crippen LogP contribution in [0.2, 0.25) is 0 Å². The summed E-state index contributed by atoms with van der Waals surface area (Å²) in [7, 11) is -3.58. The third-order valence-corrected chi connectivity index (χ3v) is 7.85. The number of nitro benzene ring substituents is 1. The van der Waals surface area contributed by atoms with E-state index in [1.165, 1.54) is 26.6 Å². The van der Waals surface area contributed by atoms with Gasteiger partial charge in [-0.3, -0.25) is 14.9 Å². The van der Waals surface area contributed by atoms with E-state index >= 15 is 0 Å². The third kappa shape index (κ3) is 3.73. The van der Waals surface area contributed by atoms with Gasteiger partial charge in [-0.15, -0.1) is 11.3 Å². The van der Waals surface area contributed by atoms with Crippen LogP contribution >= 0.6 is 11.3 Å². The number of aryl methyl sites for hydroxylation is 2. The molecule has 1 fully saturated rings. The number of nitrogens with zero attached hydrogens (tertiary/aromatic N) is 3. The number of benzene rings is 1. The lowest BCUT2D eigenvalue weighted by Crippen LogP contribution is -2.50. The van der Waals surface area contributed by atoms with Crippen molar-refractivity contribution in [3.05, 3.63) is 56.5 Å². The molecule has 1 amide bonds. The van der Waals surface area contributed by atoms with Crippen molar-refractivity contribution in [2.75, 3.05) is 26.2 Å². The van der Waals surface area contributed by atoms with Gasteiger partial charge in [0.15, 0.2) is 0 Å². The minimum absolute atomic E-state index is 0.0326. The molecule has 2 aromatic rings. The van der Waals surface area contributed by atoms with Gasteiger partial charge in [-0.2, -0.15) is 4.31 Å². The molecule has 1 aromatic carbocycles. The van der Waals surface area contributed by atoms with Gasteiger partial charge in [-0.25, -0.2) is 8.42 Å². The second kappa shape index (κ2) is 7.37. The lowest BCUT2D eigenvalue weighted by Gasteiger charge is -2.33. The third-order valence-electron chi connectivity index (χ3n) is 4.49. The summed E-state index contributed by atoms with van der Waals surface area (Å²) in [6.07, 6.45) is 0. The van der Waals surface area contributed by atoms with Crippen LogP contribution in [0.1, 0.15) is 20.8 Å². The molecule has 3 rings (SSSR count). The van der Waals surface area contributed by atoms with E-state index in [4.69, 9.17) is 0 Å². The first-order valence-corrected chi connectivity index (χ1v) is 10.6. The molecule has 0 spiro atoms. The Balaban J connectivity index is 1.76. The van der Waals surface area contributed by atoms with Crippen LogP contribution in [0, 0.1) is 24.0 Å². The van der Waals surface area contributed by atoms with E-state index in [1.807, 2.05) is 6.92 Å². The highest BCUT2D eigenvalue weighted by Crippen LogP contribution is 2.27. The molecular weight excluding hydrogens is 390 g/mol. The lowest BCUT2D eigenvalue weighted by atomic mass is 10.1. The SMILES string of the molecule is Cc1ccc(S(=O)(=O)N2CCN(C(=O)c3cccc(C)c3[N+](=O)[O-])CC2)s1. The van der Waals surface area contributed by atoms with Gasteiger partial charge >= 0.3 is 0 Å². The summed E-state index contributed by atoms with van der Waals surface area (Å²) in [5, 5.41) is 11.3. The zero-order chi connectivity index (χ0) is 19.8. The van der Waals surface area contributed by atoms with Crippen molar-refractivity contribution in [3.8, 4) is 0 Å². The van der Waals surface area contributed by atoms with Crippen LogP contribution in [-0.4, -0.2) is 54.6 Å². The summed E-state index contributed by atoms with van der Waals surface area (Å²) < 4.78 is 27.0. The summed E-state index contributed by atoms with van der Waals surface area (Å²) in [6, 6.07) is 7.97. The molecule has 1 aliphatic rings. The normalized spacial score (nSPS) is 15.7. The van der Waals surface area contributed by atoms with Gasteiger partial charge in [-0.05, 0) is 32.0 Å². The fraction of sp³-hybridized carbons (Fsp3) is 0.353. The summed E-state index contributed by atoms with van der Waals surface area (Å²) in [5.74, 6) is -0.450. The highest BCUT2D eigenvalue weighted by molar-refractivity contribution is 7.91. The van der Waals surface area contributed by atoms with Gasteiger partial charge in [0.2, 0.25) is 0 Å². The molecule has 0 atom stereocenters. The van der Waals surface area contributed by atoms with Crippen molar-refractivity contribution >= 4 is 33.0 Å². The first-order valence-electron chi connectivity index (χ1n) is 8.31. The van der Waals surface area contributed by atoms with Crippen molar-refractivity contribution in [1.82, 2.24) is 9.21 Å². The van der Waals surface area contributed by atoms with Crippen LogP contribution in [0.25, 0.3) is 0 Å². The molecule has 144 valence electrons. The second-order valence-corrected chi connectivity index (χ2v) is 9.74. The molecule has 8 nitrogen and oxygen atoms in total. The van der Waals surface area contributed by atoms with Gasteiger partial charge in [0, 0.05) is 36.6 Å². The highest BCUT2D eigenvalue weighted by atomic mass is 32.2. The number of thiophene rings is 1. The fourth-order valence-electron chi connectivity index (χ4n) is 3.05. The lowest BCUT2D eigenvalue weighted by molar-refractivity contribution is -0.385. The predicted molar refractivity (Wildman–Crippen MR) is 102 cm³/mol. The van der Waals surface area contributed by atoms with Crippen LogP contribution in [0.5, 0.6) is 0 Å². The number of amides is 1. The summed E-state index contributed by atoms with van der Waals surface area (Å²) in [4.78, 5) is 25.9. The van der Waals surface area contributed by atoms with Gasteiger partial charge in [0.25, 0.3) is 21.6 Å². The van der Waals surface area contributed by atoms with Crippen LogP contribution in [0.3, 0.4) is 0 Å². The maximum atomic E-state index is 12.8. The first kappa shape index (κ1) is 19.5. The van der Waals surface area contributed by atoms with E-state index in [-0.39, 0.29) is 41.6 Å². The molecule has 27 heavy (non-hydrogen) atoms. The molecule has 0 radical (unpaired) electrons. The number of carbonyl (C=O) groups is 1. The maximum Gasteiger partial charge on any atom is 0.285 e. The zero-order valence-corrected chi connectivity index (χ0v) is 16.5. The monoisotopic (exact) mass is 409 g/mol. The Kier molecular flexibility index (Phi) is 5.31. The van der Waals surface area contributed by atoms with E-state index < -0.39 is 20.9 Å². The Morgan fingerprint density at radius 3 is 2.33 bits per heavy atom. The van der Waals surface area contributed by atoms with Crippen LogP contribution < -0.4 is 0 Å². The van der Waals surface area contributed by atoms with E-state index in [0.29, 0.717) is 5.56 Å². The summed E-state index contributed by atoms with van der Waals surface area (Å²) >= 11 is 1.21. The van der Waals surface area contributed by atoms with Crippen molar-refractivity contribution in [3.63, 3.8) is 0 Å². The second-order valence-electron chi connectivity index (χ2n) is 6.29. The minimum Gasteiger partial charge on any atom is -0.336 e. The van der Waals surface area contributed by atoms with Gasteiger partial charge in [-0.1, -0.05) is 12.1 Å². The number of sulfonamides is 1.